The largest absolute Gasteiger partial charge is 0.488 e. The highest BCUT2D eigenvalue weighted by atomic mass is 19.1. The number of ether oxygens (including phenoxy) is 2. The Labute approximate surface area is 133 Å². The van der Waals surface area contributed by atoms with Gasteiger partial charge in [0.05, 0.1) is 7.11 Å². The average Bonchev–Trinajstić information content (AvgIpc) is 2.53. The molecular formula is C17H16FNO4. The third-order valence-electron chi connectivity index (χ3n) is 3.01. The van der Waals surface area contributed by atoms with E-state index < -0.39 is 5.97 Å². The van der Waals surface area contributed by atoms with Crippen LogP contribution in [0.2, 0.25) is 0 Å². The number of methoxy groups -OCH3 is 1. The Morgan fingerprint density at radius 3 is 2.43 bits per heavy atom. The van der Waals surface area contributed by atoms with Crippen molar-refractivity contribution in [2.75, 3.05) is 12.4 Å². The van der Waals surface area contributed by atoms with Gasteiger partial charge in [-0.1, -0.05) is 12.1 Å². The minimum atomic E-state index is -0.548. The smallest absolute Gasteiger partial charge is 0.341 e. The number of amides is 1. The Bertz CT molecular complexity index is 713. The summed E-state index contributed by atoms with van der Waals surface area (Å²) in [6.45, 7) is 1.53. The average molecular weight is 317 g/mol. The second-order valence-electron chi connectivity index (χ2n) is 4.80. The molecule has 0 unspecified atom stereocenters. The molecule has 2 aromatic rings. The lowest BCUT2D eigenvalue weighted by atomic mass is 10.1. The molecule has 5 nitrogen and oxygen atoms in total. The summed E-state index contributed by atoms with van der Waals surface area (Å²) < 4.78 is 23.2. The van der Waals surface area contributed by atoms with Gasteiger partial charge in [0.1, 0.15) is 23.7 Å². The number of halogens is 1. The Hall–Kier alpha value is -2.89. The molecule has 0 saturated heterocycles. The first kappa shape index (κ1) is 16.5. The molecule has 1 amide bonds. The minimum Gasteiger partial charge on any atom is -0.488 e. The predicted molar refractivity (Wildman–Crippen MR) is 82.8 cm³/mol. The third kappa shape index (κ3) is 4.54. The molecule has 0 fully saturated rings. The molecule has 0 aliphatic heterocycles. The molecule has 2 rings (SSSR count). The topological polar surface area (TPSA) is 64.6 Å². The summed E-state index contributed by atoms with van der Waals surface area (Å²) in [6, 6.07) is 10.5. The maximum Gasteiger partial charge on any atom is 0.341 e. The lowest BCUT2D eigenvalue weighted by Crippen LogP contribution is -2.09. The zero-order valence-corrected chi connectivity index (χ0v) is 12.8. The van der Waals surface area contributed by atoms with Gasteiger partial charge in [-0.3, -0.25) is 4.79 Å². The number of hydrogen-bond acceptors (Lipinski definition) is 4. The van der Waals surface area contributed by atoms with E-state index in [9.17, 15) is 14.0 Å². The van der Waals surface area contributed by atoms with Crippen molar-refractivity contribution in [2.45, 2.75) is 13.5 Å². The van der Waals surface area contributed by atoms with Crippen LogP contribution >= 0.6 is 0 Å². The standard InChI is InChI=1S/C17H16FNO4/c1-11(20)19-14-7-8-15(17(21)22-2)16(9-14)23-10-12-3-5-13(18)6-4-12/h3-9H,10H2,1-2H3,(H,19,20). The molecule has 0 aliphatic carbocycles. The number of benzene rings is 2. The van der Waals surface area contributed by atoms with Crippen molar-refractivity contribution in [2.24, 2.45) is 0 Å². The normalized spacial score (nSPS) is 10.0. The van der Waals surface area contributed by atoms with E-state index in [1.165, 1.54) is 38.3 Å². The Morgan fingerprint density at radius 2 is 1.83 bits per heavy atom. The lowest BCUT2D eigenvalue weighted by molar-refractivity contribution is -0.114. The molecule has 0 atom stereocenters. The van der Waals surface area contributed by atoms with Gasteiger partial charge in [0.15, 0.2) is 0 Å². The zero-order chi connectivity index (χ0) is 16.8. The Balaban J connectivity index is 2.23. The van der Waals surface area contributed by atoms with Crippen molar-refractivity contribution < 1.29 is 23.5 Å². The van der Waals surface area contributed by atoms with Crippen molar-refractivity contribution in [1.29, 1.82) is 0 Å². The van der Waals surface area contributed by atoms with Crippen LogP contribution in [0.25, 0.3) is 0 Å². The first-order valence-electron chi connectivity index (χ1n) is 6.87. The lowest BCUT2D eigenvalue weighted by Gasteiger charge is -2.12. The number of carbonyl (C=O) groups excluding carboxylic acids is 2. The fraction of sp³-hybridized carbons (Fsp3) is 0.176. The summed E-state index contributed by atoms with van der Waals surface area (Å²) in [6.07, 6.45) is 0. The summed E-state index contributed by atoms with van der Waals surface area (Å²) in [5, 5.41) is 2.61. The van der Waals surface area contributed by atoms with E-state index in [0.29, 0.717) is 5.69 Å². The van der Waals surface area contributed by atoms with E-state index in [0.717, 1.165) is 5.56 Å². The molecule has 0 bridgehead atoms. The second-order valence-corrected chi connectivity index (χ2v) is 4.80. The van der Waals surface area contributed by atoms with Crippen molar-refractivity contribution in [3.05, 3.63) is 59.4 Å². The van der Waals surface area contributed by atoms with Crippen LogP contribution in [0.4, 0.5) is 10.1 Å². The van der Waals surface area contributed by atoms with Crippen molar-refractivity contribution >= 4 is 17.6 Å². The second kappa shape index (κ2) is 7.40. The molecule has 120 valence electrons. The first-order valence-corrected chi connectivity index (χ1v) is 6.87. The van der Waals surface area contributed by atoms with Gasteiger partial charge in [-0.25, -0.2) is 9.18 Å². The molecule has 0 heterocycles. The molecule has 0 aromatic heterocycles. The summed E-state index contributed by atoms with van der Waals surface area (Å²) >= 11 is 0. The maximum absolute atomic E-state index is 12.9. The Morgan fingerprint density at radius 1 is 1.13 bits per heavy atom. The highest BCUT2D eigenvalue weighted by Crippen LogP contribution is 2.25. The SMILES string of the molecule is COC(=O)c1ccc(NC(C)=O)cc1OCc1ccc(F)cc1. The van der Waals surface area contributed by atoms with Crippen molar-refractivity contribution in [1.82, 2.24) is 0 Å². The monoisotopic (exact) mass is 317 g/mol. The Kier molecular flexibility index (Phi) is 5.30. The molecule has 23 heavy (non-hydrogen) atoms. The van der Waals surface area contributed by atoms with E-state index in [1.54, 1.807) is 18.2 Å². The van der Waals surface area contributed by atoms with Crippen LogP contribution in [0.3, 0.4) is 0 Å². The van der Waals surface area contributed by atoms with Crippen LogP contribution in [0.1, 0.15) is 22.8 Å². The molecule has 0 spiro atoms. The fourth-order valence-corrected chi connectivity index (χ4v) is 1.94. The van der Waals surface area contributed by atoms with Gasteiger partial charge in [-0.15, -0.1) is 0 Å². The van der Waals surface area contributed by atoms with Gasteiger partial charge < -0.3 is 14.8 Å². The van der Waals surface area contributed by atoms with Gasteiger partial charge >= 0.3 is 5.97 Å². The molecule has 0 radical (unpaired) electrons. The van der Waals surface area contributed by atoms with Crippen LogP contribution in [-0.2, 0) is 16.1 Å². The molecule has 0 saturated carbocycles. The third-order valence-corrected chi connectivity index (χ3v) is 3.01. The van der Waals surface area contributed by atoms with E-state index in [2.05, 4.69) is 5.32 Å². The van der Waals surface area contributed by atoms with E-state index >= 15 is 0 Å². The number of rotatable bonds is 5. The molecule has 2 aromatic carbocycles. The van der Waals surface area contributed by atoms with Crippen molar-refractivity contribution in [3.8, 4) is 5.75 Å². The molecular weight excluding hydrogens is 301 g/mol. The quantitative estimate of drug-likeness (QED) is 0.860. The molecule has 0 aliphatic rings. The minimum absolute atomic E-state index is 0.147. The van der Waals surface area contributed by atoms with Gasteiger partial charge in [0.25, 0.3) is 0 Å². The summed E-state index contributed by atoms with van der Waals surface area (Å²) in [5.74, 6) is -0.849. The highest BCUT2D eigenvalue weighted by Gasteiger charge is 2.14. The molecule has 6 heteroatoms. The number of carbonyl (C=O) groups is 2. The van der Waals surface area contributed by atoms with Crippen LogP contribution in [0.15, 0.2) is 42.5 Å². The van der Waals surface area contributed by atoms with E-state index in [-0.39, 0.29) is 29.6 Å². The van der Waals surface area contributed by atoms with Gasteiger partial charge in [0, 0.05) is 18.7 Å². The number of hydrogen-bond donors (Lipinski definition) is 1. The van der Waals surface area contributed by atoms with Crippen LogP contribution in [0.5, 0.6) is 5.75 Å². The van der Waals surface area contributed by atoms with Crippen LogP contribution in [-0.4, -0.2) is 19.0 Å². The summed E-state index contributed by atoms with van der Waals surface area (Å²) in [7, 11) is 1.27. The van der Waals surface area contributed by atoms with Crippen LogP contribution < -0.4 is 10.1 Å². The van der Waals surface area contributed by atoms with Gasteiger partial charge in [-0.05, 0) is 29.8 Å². The molecule has 1 N–H and O–H groups in total. The zero-order valence-electron chi connectivity index (χ0n) is 12.8. The summed E-state index contributed by atoms with van der Waals surface area (Å²) in [5.41, 5.74) is 1.48. The fourth-order valence-electron chi connectivity index (χ4n) is 1.94. The first-order chi connectivity index (χ1) is 11.0. The van der Waals surface area contributed by atoms with Crippen LogP contribution in [0, 0.1) is 5.82 Å². The number of esters is 1. The van der Waals surface area contributed by atoms with E-state index in [1.807, 2.05) is 0 Å². The van der Waals surface area contributed by atoms with Gasteiger partial charge in [-0.2, -0.15) is 0 Å². The number of anilines is 1. The van der Waals surface area contributed by atoms with Crippen molar-refractivity contribution in [3.63, 3.8) is 0 Å². The maximum atomic E-state index is 12.9. The van der Waals surface area contributed by atoms with Gasteiger partial charge in [0.2, 0.25) is 5.91 Å². The summed E-state index contributed by atoms with van der Waals surface area (Å²) in [4.78, 5) is 22.9. The predicted octanol–water partition coefficient (Wildman–Crippen LogP) is 3.15. The highest BCUT2D eigenvalue weighted by molar-refractivity contribution is 5.94. The van der Waals surface area contributed by atoms with E-state index in [4.69, 9.17) is 9.47 Å². The number of nitrogens with one attached hydrogen (secondary N) is 1.